The second-order valence-corrected chi connectivity index (χ2v) is 2.55. The van der Waals surface area contributed by atoms with Crippen LogP contribution in [0.2, 0.25) is 0 Å². The molecule has 0 aromatic heterocycles. The summed E-state index contributed by atoms with van der Waals surface area (Å²) in [5.41, 5.74) is 4.88. The first-order valence-electron chi connectivity index (χ1n) is 3.88. The Labute approximate surface area is 80.4 Å². The van der Waals surface area contributed by atoms with Gasteiger partial charge in [-0.05, 0) is 12.1 Å². The molecule has 2 N–H and O–H groups in total. The number of ether oxygens (including phenoxy) is 2. The molecule has 0 radical (unpaired) electrons. The van der Waals surface area contributed by atoms with Gasteiger partial charge in [0.15, 0.2) is 18.1 Å². The number of hydrogen-bond acceptors (Lipinski definition) is 3. The maximum Gasteiger partial charge on any atom is 0.255 e. The predicted molar refractivity (Wildman–Crippen MR) is 47.6 cm³/mol. The fourth-order valence-electron chi connectivity index (χ4n) is 0.910. The number of amides is 1. The van der Waals surface area contributed by atoms with Crippen molar-refractivity contribution in [3.05, 3.63) is 24.0 Å². The van der Waals surface area contributed by atoms with Gasteiger partial charge in [0, 0.05) is 6.07 Å². The molecule has 4 nitrogen and oxygen atoms in total. The molecule has 0 aliphatic rings. The van der Waals surface area contributed by atoms with Gasteiger partial charge in [0.1, 0.15) is 5.82 Å². The van der Waals surface area contributed by atoms with E-state index in [0.29, 0.717) is 0 Å². The van der Waals surface area contributed by atoms with Crippen LogP contribution in [0.15, 0.2) is 18.2 Å². The fraction of sp³-hybridized carbons (Fsp3) is 0.222. The average molecular weight is 199 g/mol. The number of carbonyl (C=O) groups is 1. The minimum Gasteiger partial charge on any atom is -0.493 e. The van der Waals surface area contributed by atoms with E-state index in [0.717, 1.165) is 6.07 Å². The number of methoxy groups -OCH3 is 1. The molecule has 1 aromatic rings. The molecule has 0 saturated heterocycles. The zero-order valence-electron chi connectivity index (χ0n) is 7.62. The number of benzene rings is 1. The van der Waals surface area contributed by atoms with E-state index in [1.54, 1.807) is 0 Å². The fourth-order valence-corrected chi connectivity index (χ4v) is 0.910. The highest BCUT2D eigenvalue weighted by Gasteiger charge is 2.06. The van der Waals surface area contributed by atoms with E-state index in [9.17, 15) is 9.18 Å². The van der Waals surface area contributed by atoms with Crippen LogP contribution in [0.4, 0.5) is 4.39 Å². The van der Waals surface area contributed by atoms with Crippen molar-refractivity contribution < 1.29 is 18.7 Å². The molecular weight excluding hydrogens is 189 g/mol. The van der Waals surface area contributed by atoms with Gasteiger partial charge in [-0.25, -0.2) is 4.39 Å². The van der Waals surface area contributed by atoms with Crippen LogP contribution >= 0.6 is 0 Å². The van der Waals surface area contributed by atoms with Gasteiger partial charge in [-0.2, -0.15) is 0 Å². The lowest BCUT2D eigenvalue weighted by Crippen LogP contribution is -2.20. The van der Waals surface area contributed by atoms with E-state index in [1.807, 2.05) is 0 Å². The third-order valence-corrected chi connectivity index (χ3v) is 1.50. The predicted octanol–water partition coefficient (Wildman–Crippen LogP) is 0.698. The molecule has 0 spiro atoms. The molecule has 5 heteroatoms. The molecule has 0 aliphatic heterocycles. The van der Waals surface area contributed by atoms with Crippen molar-refractivity contribution in [1.29, 1.82) is 0 Å². The van der Waals surface area contributed by atoms with Crippen molar-refractivity contribution in [2.45, 2.75) is 0 Å². The normalized spacial score (nSPS) is 9.57. The summed E-state index contributed by atoms with van der Waals surface area (Å²) >= 11 is 0. The van der Waals surface area contributed by atoms with Gasteiger partial charge in [-0.15, -0.1) is 0 Å². The van der Waals surface area contributed by atoms with Crippen LogP contribution in [0.5, 0.6) is 11.5 Å². The summed E-state index contributed by atoms with van der Waals surface area (Å²) in [6, 6.07) is 3.74. The molecule has 0 saturated carbocycles. The van der Waals surface area contributed by atoms with E-state index in [4.69, 9.17) is 15.2 Å². The first-order valence-corrected chi connectivity index (χ1v) is 3.88. The Morgan fingerprint density at radius 2 is 2.21 bits per heavy atom. The monoisotopic (exact) mass is 199 g/mol. The lowest BCUT2D eigenvalue weighted by Gasteiger charge is -2.08. The molecule has 1 rings (SSSR count). The maximum absolute atomic E-state index is 12.7. The van der Waals surface area contributed by atoms with Crippen LogP contribution in [0.1, 0.15) is 0 Å². The van der Waals surface area contributed by atoms with Crippen molar-refractivity contribution in [3.8, 4) is 11.5 Å². The Balaban J connectivity index is 2.80. The van der Waals surface area contributed by atoms with E-state index >= 15 is 0 Å². The Morgan fingerprint density at radius 3 is 2.79 bits per heavy atom. The molecule has 0 heterocycles. The van der Waals surface area contributed by atoms with E-state index in [2.05, 4.69) is 0 Å². The molecule has 1 amide bonds. The van der Waals surface area contributed by atoms with E-state index in [1.165, 1.54) is 19.2 Å². The lowest BCUT2D eigenvalue weighted by atomic mass is 10.3. The number of primary amides is 1. The second-order valence-electron chi connectivity index (χ2n) is 2.55. The summed E-state index contributed by atoms with van der Waals surface area (Å²) in [4.78, 5) is 10.4. The highest BCUT2D eigenvalue weighted by atomic mass is 19.1. The van der Waals surface area contributed by atoms with Crippen LogP contribution in [0, 0.1) is 5.82 Å². The molecule has 0 bridgehead atoms. The Morgan fingerprint density at radius 1 is 1.50 bits per heavy atom. The Bertz CT molecular complexity index is 341. The molecule has 0 unspecified atom stereocenters. The average Bonchev–Trinajstić information content (AvgIpc) is 2.15. The Kier molecular flexibility index (Phi) is 3.28. The van der Waals surface area contributed by atoms with Crippen molar-refractivity contribution >= 4 is 5.91 Å². The van der Waals surface area contributed by atoms with Gasteiger partial charge in [0.25, 0.3) is 5.91 Å². The van der Waals surface area contributed by atoms with Crippen molar-refractivity contribution in [2.75, 3.05) is 13.7 Å². The first-order chi connectivity index (χ1) is 6.63. The highest BCUT2D eigenvalue weighted by Crippen LogP contribution is 2.27. The van der Waals surface area contributed by atoms with Gasteiger partial charge in [0.05, 0.1) is 7.11 Å². The molecule has 14 heavy (non-hydrogen) atoms. The minimum atomic E-state index is -0.601. The molecule has 0 fully saturated rings. The van der Waals surface area contributed by atoms with E-state index < -0.39 is 11.7 Å². The summed E-state index contributed by atoms with van der Waals surface area (Å²) in [6.07, 6.45) is 0. The summed E-state index contributed by atoms with van der Waals surface area (Å²) < 4.78 is 22.5. The van der Waals surface area contributed by atoms with E-state index in [-0.39, 0.29) is 18.1 Å². The number of halogens is 1. The SMILES string of the molecule is COc1cc(F)ccc1OCC(N)=O. The van der Waals surface area contributed by atoms with Crippen molar-refractivity contribution in [3.63, 3.8) is 0 Å². The lowest BCUT2D eigenvalue weighted by molar-refractivity contribution is -0.119. The van der Waals surface area contributed by atoms with Crippen LogP contribution < -0.4 is 15.2 Å². The molecule has 76 valence electrons. The zero-order valence-corrected chi connectivity index (χ0v) is 7.62. The minimum absolute atomic E-state index is 0.228. The van der Waals surface area contributed by atoms with Crippen LogP contribution in [0.25, 0.3) is 0 Å². The first kappa shape index (κ1) is 10.3. The largest absolute Gasteiger partial charge is 0.493 e. The number of carbonyl (C=O) groups excluding carboxylic acids is 1. The van der Waals surface area contributed by atoms with Gasteiger partial charge >= 0.3 is 0 Å². The number of rotatable bonds is 4. The highest BCUT2D eigenvalue weighted by molar-refractivity contribution is 5.75. The van der Waals surface area contributed by atoms with Gasteiger partial charge in [-0.1, -0.05) is 0 Å². The molecule has 0 atom stereocenters. The third kappa shape index (κ3) is 2.62. The topological polar surface area (TPSA) is 61.6 Å². The quantitative estimate of drug-likeness (QED) is 0.776. The molecule has 0 aliphatic carbocycles. The number of nitrogens with two attached hydrogens (primary N) is 1. The third-order valence-electron chi connectivity index (χ3n) is 1.50. The smallest absolute Gasteiger partial charge is 0.255 e. The summed E-state index contributed by atoms with van der Waals surface area (Å²) in [6.45, 7) is -0.262. The van der Waals surface area contributed by atoms with Crippen LogP contribution in [-0.4, -0.2) is 19.6 Å². The molecular formula is C9H10FNO3. The molecule has 1 aromatic carbocycles. The van der Waals surface area contributed by atoms with Gasteiger partial charge in [0.2, 0.25) is 0 Å². The van der Waals surface area contributed by atoms with Gasteiger partial charge < -0.3 is 15.2 Å². The number of hydrogen-bond donors (Lipinski definition) is 1. The van der Waals surface area contributed by atoms with Crippen LogP contribution in [0.3, 0.4) is 0 Å². The van der Waals surface area contributed by atoms with Crippen LogP contribution in [-0.2, 0) is 4.79 Å². The summed E-state index contributed by atoms with van der Waals surface area (Å²) in [5.74, 6) is -0.524. The van der Waals surface area contributed by atoms with Crippen molar-refractivity contribution in [2.24, 2.45) is 5.73 Å². The van der Waals surface area contributed by atoms with Crippen molar-refractivity contribution in [1.82, 2.24) is 0 Å². The standard InChI is InChI=1S/C9H10FNO3/c1-13-8-4-6(10)2-3-7(8)14-5-9(11)12/h2-4H,5H2,1H3,(H2,11,12). The Hall–Kier alpha value is -1.78. The zero-order chi connectivity index (χ0) is 10.6. The maximum atomic E-state index is 12.7. The summed E-state index contributed by atoms with van der Waals surface area (Å²) in [7, 11) is 1.38. The van der Waals surface area contributed by atoms with Gasteiger partial charge in [-0.3, -0.25) is 4.79 Å². The second kappa shape index (κ2) is 4.45. The summed E-state index contributed by atoms with van der Waals surface area (Å²) in [5, 5.41) is 0.